The van der Waals surface area contributed by atoms with E-state index in [0.29, 0.717) is 5.82 Å². The maximum Gasteiger partial charge on any atom is 0.161 e. The fourth-order valence-corrected chi connectivity index (χ4v) is 8.94. The second kappa shape index (κ2) is 12.4. The van der Waals surface area contributed by atoms with Crippen LogP contribution in [0.5, 0.6) is 0 Å². The van der Waals surface area contributed by atoms with Crippen LogP contribution in [0.15, 0.2) is 195 Å². The van der Waals surface area contributed by atoms with E-state index < -0.39 is 5.41 Å². The lowest BCUT2D eigenvalue weighted by molar-refractivity contribution is 0.775. The Bertz CT molecular complexity index is 2870. The van der Waals surface area contributed by atoms with Gasteiger partial charge in [0.25, 0.3) is 0 Å². The van der Waals surface area contributed by atoms with Crippen molar-refractivity contribution >= 4 is 0 Å². The first-order valence-electron chi connectivity index (χ1n) is 18.6. The molecule has 55 heavy (non-hydrogen) atoms. The molecule has 4 heteroatoms. The predicted molar refractivity (Wildman–Crippen MR) is 221 cm³/mol. The van der Waals surface area contributed by atoms with Crippen LogP contribution < -0.4 is 0 Å². The average molecular weight is 701 g/mol. The van der Waals surface area contributed by atoms with Gasteiger partial charge in [-0.15, -0.1) is 0 Å². The monoisotopic (exact) mass is 700 g/mol. The van der Waals surface area contributed by atoms with E-state index in [1.165, 1.54) is 55.6 Å². The molecule has 3 aromatic heterocycles. The third-order valence-corrected chi connectivity index (χ3v) is 11.3. The number of hydrogen-bond donors (Lipinski definition) is 0. The molecule has 256 valence electrons. The quantitative estimate of drug-likeness (QED) is 0.183. The highest BCUT2D eigenvalue weighted by atomic mass is 14.9. The van der Waals surface area contributed by atoms with Crippen molar-refractivity contribution in [2.75, 3.05) is 0 Å². The van der Waals surface area contributed by atoms with Crippen LogP contribution in [0.4, 0.5) is 0 Å². The Hall–Kier alpha value is -7.30. The maximum absolute atomic E-state index is 5.27. The van der Waals surface area contributed by atoms with E-state index in [1.54, 1.807) is 12.4 Å². The molecule has 0 atom stereocenters. The second-order valence-electron chi connectivity index (χ2n) is 14.2. The summed E-state index contributed by atoms with van der Waals surface area (Å²) >= 11 is 0. The summed E-state index contributed by atoms with van der Waals surface area (Å²) in [5.74, 6) is 0.633. The lowest BCUT2D eigenvalue weighted by Crippen LogP contribution is -2.29. The fourth-order valence-electron chi connectivity index (χ4n) is 8.94. The zero-order valence-electron chi connectivity index (χ0n) is 29.8. The second-order valence-corrected chi connectivity index (χ2v) is 14.2. The van der Waals surface area contributed by atoms with Gasteiger partial charge in [-0.05, 0) is 97.1 Å². The summed E-state index contributed by atoms with van der Waals surface area (Å²) < 4.78 is 0. The largest absolute Gasteiger partial charge is 0.264 e. The van der Waals surface area contributed by atoms with Gasteiger partial charge in [0, 0.05) is 41.5 Å². The highest BCUT2D eigenvalue weighted by Crippen LogP contribution is 2.61. The zero-order chi connectivity index (χ0) is 36.3. The standard InChI is InChI=1S/C51H32N4/c1-2-14-39-38(13-1)40-15-3-6-18-44(40)51(45-19-7-4-16-41(45)42-17-5-8-20-46(42)51)47-29-35(25-26-43(39)47)49-30-48(54-50(55-49)37-12-10-28-53-32-37)34-23-21-33(22-24-34)36-11-9-27-52-31-36/h1-32H. The fraction of sp³-hybridized carbons (Fsp3) is 0.0196. The van der Waals surface area contributed by atoms with Gasteiger partial charge in [0.05, 0.1) is 16.8 Å². The first-order valence-corrected chi connectivity index (χ1v) is 18.6. The van der Waals surface area contributed by atoms with Gasteiger partial charge in [-0.3, -0.25) is 9.97 Å². The van der Waals surface area contributed by atoms with Crippen LogP contribution in [-0.4, -0.2) is 19.9 Å². The molecule has 0 aliphatic heterocycles. The Balaban J connectivity index is 1.18. The van der Waals surface area contributed by atoms with E-state index in [1.807, 2.05) is 30.6 Å². The molecule has 0 saturated heterocycles. The summed E-state index contributed by atoms with van der Waals surface area (Å²) in [5, 5.41) is 0. The SMILES string of the molecule is c1cncc(-c2ccc(-c3cc(-c4ccc5c(c4)C4(c6ccccc6-c6ccccc6-5)c5ccccc5-c5ccccc54)nc(-c4cccnc4)n3)cc2)c1. The van der Waals surface area contributed by atoms with Gasteiger partial charge in [-0.1, -0.05) is 140 Å². The summed E-state index contributed by atoms with van der Waals surface area (Å²) in [5.41, 5.74) is 18.8. The van der Waals surface area contributed by atoms with Crippen molar-refractivity contribution in [3.05, 3.63) is 217 Å². The van der Waals surface area contributed by atoms with E-state index in [9.17, 15) is 0 Å². The molecule has 3 heterocycles. The number of benzene rings is 6. The van der Waals surface area contributed by atoms with Gasteiger partial charge in [0.2, 0.25) is 0 Å². The molecule has 0 fully saturated rings. The molecule has 2 aliphatic rings. The van der Waals surface area contributed by atoms with Gasteiger partial charge in [-0.2, -0.15) is 0 Å². The minimum atomic E-state index is -0.571. The van der Waals surface area contributed by atoms with E-state index in [-0.39, 0.29) is 0 Å². The van der Waals surface area contributed by atoms with Gasteiger partial charge in [-0.25, -0.2) is 9.97 Å². The normalized spacial score (nSPS) is 12.9. The minimum absolute atomic E-state index is 0.571. The molecule has 0 saturated carbocycles. The van der Waals surface area contributed by atoms with Crippen molar-refractivity contribution < 1.29 is 0 Å². The Morgan fingerprint density at radius 2 is 0.764 bits per heavy atom. The molecule has 11 rings (SSSR count). The molecule has 0 N–H and O–H groups in total. The highest BCUT2D eigenvalue weighted by Gasteiger charge is 2.49. The summed E-state index contributed by atoms with van der Waals surface area (Å²) in [6.07, 6.45) is 7.30. The third-order valence-electron chi connectivity index (χ3n) is 11.3. The Kier molecular flexibility index (Phi) is 7.04. The van der Waals surface area contributed by atoms with Crippen LogP contribution in [0.3, 0.4) is 0 Å². The average Bonchev–Trinajstić information content (AvgIpc) is 3.52. The molecule has 2 aliphatic carbocycles. The van der Waals surface area contributed by atoms with Crippen LogP contribution >= 0.6 is 0 Å². The molecule has 4 nitrogen and oxygen atoms in total. The Morgan fingerprint density at radius 1 is 0.309 bits per heavy atom. The van der Waals surface area contributed by atoms with Crippen molar-refractivity contribution in [2.24, 2.45) is 0 Å². The van der Waals surface area contributed by atoms with Crippen molar-refractivity contribution in [1.29, 1.82) is 0 Å². The summed E-state index contributed by atoms with van der Waals surface area (Å²) in [4.78, 5) is 19.1. The van der Waals surface area contributed by atoms with Gasteiger partial charge in [0.15, 0.2) is 5.82 Å². The number of aromatic nitrogens is 4. The van der Waals surface area contributed by atoms with Gasteiger partial charge in [0.1, 0.15) is 0 Å². The van der Waals surface area contributed by atoms with E-state index in [0.717, 1.165) is 39.2 Å². The Morgan fingerprint density at radius 3 is 1.33 bits per heavy atom. The van der Waals surface area contributed by atoms with Crippen LogP contribution in [0.25, 0.3) is 78.4 Å². The molecule has 0 unspecified atom stereocenters. The van der Waals surface area contributed by atoms with Crippen LogP contribution in [-0.2, 0) is 5.41 Å². The lowest BCUT2D eigenvalue weighted by Gasteiger charge is -2.35. The zero-order valence-corrected chi connectivity index (χ0v) is 29.8. The molecular formula is C51H32N4. The minimum Gasteiger partial charge on any atom is -0.264 e. The molecule has 6 aromatic carbocycles. The molecule has 0 radical (unpaired) electrons. The van der Waals surface area contributed by atoms with Crippen LogP contribution in [0.1, 0.15) is 22.3 Å². The van der Waals surface area contributed by atoms with E-state index in [4.69, 9.17) is 9.97 Å². The molecule has 0 amide bonds. The number of rotatable bonds is 4. The smallest absolute Gasteiger partial charge is 0.161 e. The maximum atomic E-state index is 5.27. The summed E-state index contributed by atoms with van der Waals surface area (Å²) in [6.45, 7) is 0. The summed E-state index contributed by atoms with van der Waals surface area (Å²) in [7, 11) is 0. The van der Waals surface area contributed by atoms with E-state index >= 15 is 0 Å². The van der Waals surface area contributed by atoms with Gasteiger partial charge < -0.3 is 0 Å². The first kappa shape index (κ1) is 31.2. The van der Waals surface area contributed by atoms with Crippen LogP contribution in [0.2, 0.25) is 0 Å². The van der Waals surface area contributed by atoms with E-state index in [2.05, 4.69) is 162 Å². The molecule has 0 bridgehead atoms. The molecule has 9 aromatic rings. The van der Waals surface area contributed by atoms with Gasteiger partial charge >= 0.3 is 0 Å². The van der Waals surface area contributed by atoms with Crippen molar-refractivity contribution in [3.63, 3.8) is 0 Å². The highest BCUT2D eigenvalue weighted by molar-refractivity contribution is 5.98. The summed E-state index contributed by atoms with van der Waals surface area (Å²) in [6, 6.07) is 61.4. The number of hydrogen-bond acceptors (Lipinski definition) is 4. The van der Waals surface area contributed by atoms with Crippen molar-refractivity contribution in [2.45, 2.75) is 5.41 Å². The first-order chi connectivity index (χ1) is 27.3. The number of fused-ring (bicyclic) bond motifs is 12. The van der Waals surface area contributed by atoms with Crippen LogP contribution in [0, 0.1) is 0 Å². The number of nitrogens with zero attached hydrogens (tertiary/aromatic N) is 4. The van der Waals surface area contributed by atoms with Crippen molar-refractivity contribution in [1.82, 2.24) is 19.9 Å². The third kappa shape index (κ3) is 4.78. The molecular weight excluding hydrogens is 669 g/mol. The topological polar surface area (TPSA) is 51.6 Å². The number of pyridine rings is 2. The predicted octanol–water partition coefficient (Wildman–Crippen LogP) is 11.9. The lowest BCUT2D eigenvalue weighted by atomic mass is 9.65. The Labute approximate surface area is 319 Å². The molecule has 1 spiro atoms. The van der Waals surface area contributed by atoms with Crippen molar-refractivity contribution in [3.8, 4) is 78.4 Å².